The van der Waals surface area contributed by atoms with Crippen LogP contribution in [0.3, 0.4) is 0 Å². The van der Waals surface area contributed by atoms with Gasteiger partial charge in [-0.15, -0.1) is 24.8 Å². The SMILES string of the molecule is Cl.Cl.NCCC1CCCCN1C(=O)c1ccc2ccccc2n1. The van der Waals surface area contributed by atoms with Gasteiger partial charge in [-0.05, 0) is 44.4 Å². The maximum Gasteiger partial charge on any atom is 0.272 e. The maximum absolute atomic E-state index is 12.8. The van der Waals surface area contributed by atoms with E-state index >= 15 is 0 Å². The zero-order valence-corrected chi connectivity index (χ0v) is 14.6. The number of fused-ring (bicyclic) bond motifs is 1. The van der Waals surface area contributed by atoms with E-state index in [0.29, 0.717) is 12.2 Å². The highest BCUT2D eigenvalue weighted by molar-refractivity contribution is 5.95. The molecule has 0 bridgehead atoms. The van der Waals surface area contributed by atoms with Gasteiger partial charge < -0.3 is 10.6 Å². The Kier molecular flexibility index (Phi) is 7.76. The smallest absolute Gasteiger partial charge is 0.272 e. The summed E-state index contributed by atoms with van der Waals surface area (Å²) >= 11 is 0. The average molecular weight is 356 g/mol. The van der Waals surface area contributed by atoms with Gasteiger partial charge in [-0.1, -0.05) is 24.3 Å². The lowest BCUT2D eigenvalue weighted by molar-refractivity contribution is 0.0599. The van der Waals surface area contributed by atoms with Crippen LogP contribution in [0.4, 0.5) is 0 Å². The van der Waals surface area contributed by atoms with Crippen LogP contribution < -0.4 is 5.73 Å². The van der Waals surface area contributed by atoms with E-state index in [4.69, 9.17) is 5.73 Å². The van der Waals surface area contributed by atoms with E-state index in [1.807, 2.05) is 41.3 Å². The van der Waals surface area contributed by atoms with Crippen molar-refractivity contribution in [1.29, 1.82) is 0 Å². The zero-order valence-electron chi connectivity index (χ0n) is 13.0. The van der Waals surface area contributed by atoms with Crippen LogP contribution in [-0.4, -0.2) is 34.9 Å². The molecule has 1 unspecified atom stereocenters. The van der Waals surface area contributed by atoms with E-state index < -0.39 is 0 Å². The number of likely N-dealkylation sites (tertiary alicyclic amines) is 1. The van der Waals surface area contributed by atoms with E-state index in [0.717, 1.165) is 36.7 Å². The molecule has 4 nitrogen and oxygen atoms in total. The van der Waals surface area contributed by atoms with Gasteiger partial charge in [0.2, 0.25) is 0 Å². The maximum atomic E-state index is 12.8. The number of halogens is 2. The van der Waals surface area contributed by atoms with Crippen molar-refractivity contribution >= 4 is 41.6 Å². The normalized spacial score (nSPS) is 17.3. The predicted molar refractivity (Wildman–Crippen MR) is 98.6 cm³/mol. The van der Waals surface area contributed by atoms with Crippen molar-refractivity contribution in [2.24, 2.45) is 5.73 Å². The summed E-state index contributed by atoms with van der Waals surface area (Å²) < 4.78 is 0. The monoisotopic (exact) mass is 355 g/mol. The Morgan fingerprint density at radius 2 is 1.96 bits per heavy atom. The van der Waals surface area contributed by atoms with Crippen LogP contribution in [0, 0.1) is 0 Å². The largest absolute Gasteiger partial charge is 0.334 e. The van der Waals surface area contributed by atoms with E-state index in [9.17, 15) is 4.79 Å². The average Bonchev–Trinajstić information content (AvgIpc) is 2.54. The Morgan fingerprint density at radius 3 is 2.74 bits per heavy atom. The number of carbonyl (C=O) groups excluding carboxylic acids is 1. The van der Waals surface area contributed by atoms with Crippen LogP contribution in [0.15, 0.2) is 36.4 Å². The van der Waals surface area contributed by atoms with Crippen molar-refractivity contribution in [3.63, 3.8) is 0 Å². The Labute approximate surface area is 149 Å². The zero-order chi connectivity index (χ0) is 14.7. The second kappa shape index (κ2) is 9.06. The molecule has 2 heterocycles. The lowest BCUT2D eigenvalue weighted by Gasteiger charge is -2.35. The van der Waals surface area contributed by atoms with Gasteiger partial charge in [-0.2, -0.15) is 0 Å². The van der Waals surface area contributed by atoms with Crippen LogP contribution in [0.2, 0.25) is 0 Å². The van der Waals surface area contributed by atoms with Gasteiger partial charge in [0.05, 0.1) is 5.52 Å². The molecule has 1 aliphatic rings. The van der Waals surface area contributed by atoms with Gasteiger partial charge in [-0.25, -0.2) is 4.98 Å². The number of pyridine rings is 1. The van der Waals surface area contributed by atoms with Crippen molar-refractivity contribution in [2.75, 3.05) is 13.1 Å². The fourth-order valence-electron chi connectivity index (χ4n) is 3.09. The summed E-state index contributed by atoms with van der Waals surface area (Å²) in [5, 5.41) is 1.06. The van der Waals surface area contributed by atoms with Gasteiger partial charge in [-0.3, -0.25) is 4.79 Å². The minimum Gasteiger partial charge on any atom is -0.334 e. The van der Waals surface area contributed by atoms with Crippen molar-refractivity contribution in [3.8, 4) is 0 Å². The standard InChI is InChI=1S/C17H21N3O.2ClH/c18-11-10-14-6-3-4-12-20(14)17(21)16-9-8-13-5-1-2-7-15(13)19-16;;/h1-2,5,7-9,14H,3-4,6,10-12,18H2;2*1H. The third kappa shape index (κ3) is 4.34. The van der Waals surface area contributed by atoms with Crippen LogP contribution in [0.25, 0.3) is 10.9 Å². The molecule has 1 atom stereocenters. The molecule has 1 aliphatic heterocycles. The summed E-state index contributed by atoms with van der Waals surface area (Å²) in [4.78, 5) is 19.2. The van der Waals surface area contributed by atoms with E-state index in [-0.39, 0.29) is 36.8 Å². The summed E-state index contributed by atoms with van der Waals surface area (Å²) in [6, 6.07) is 11.9. The molecule has 6 heteroatoms. The second-order valence-corrected chi connectivity index (χ2v) is 5.61. The molecule has 0 radical (unpaired) electrons. The number of piperidine rings is 1. The first kappa shape index (κ1) is 19.7. The molecule has 0 saturated carbocycles. The summed E-state index contributed by atoms with van der Waals surface area (Å²) in [5.74, 6) is 0.0407. The van der Waals surface area contributed by atoms with Crippen LogP contribution >= 0.6 is 24.8 Å². The Morgan fingerprint density at radius 1 is 1.17 bits per heavy atom. The van der Waals surface area contributed by atoms with E-state index in [2.05, 4.69) is 4.98 Å². The summed E-state index contributed by atoms with van der Waals surface area (Å²) in [5.41, 5.74) is 7.09. The quantitative estimate of drug-likeness (QED) is 0.917. The topological polar surface area (TPSA) is 59.2 Å². The summed E-state index contributed by atoms with van der Waals surface area (Å²) in [6.45, 7) is 1.44. The highest BCUT2D eigenvalue weighted by atomic mass is 35.5. The highest BCUT2D eigenvalue weighted by Gasteiger charge is 2.27. The molecule has 23 heavy (non-hydrogen) atoms. The summed E-state index contributed by atoms with van der Waals surface area (Å²) in [7, 11) is 0. The Hall–Kier alpha value is -1.36. The second-order valence-electron chi connectivity index (χ2n) is 5.61. The predicted octanol–water partition coefficient (Wildman–Crippen LogP) is 3.42. The minimum atomic E-state index is 0. The first-order chi connectivity index (χ1) is 10.3. The van der Waals surface area contributed by atoms with E-state index in [1.54, 1.807) is 0 Å². The number of nitrogens with two attached hydrogens (primary N) is 1. The molecule has 1 aromatic carbocycles. The molecule has 2 N–H and O–H groups in total. The minimum absolute atomic E-state index is 0. The van der Waals surface area contributed by atoms with Crippen molar-refractivity contribution < 1.29 is 4.79 Å². The van der Waals surface area contributed by atoms with Crippen molar-refractivity contribution in [1.82, 2.24) is 9.88 Å². The van der Waals surface area contributed by atoms with Crippen molar-refractivity contribution in [2.45, 2.75) is 31.7 Å². The van der Waals surface area contributed by atoms with Crippen LogP contribution in [0.1, 0.15) is 36.2 Å². The molecule has 1 aromatic heterocycles. The fraction of sp³-hybridized carbons (Fsp3) is 0.412. The van der Waals surface area contributed by atoms with Crippen LogP contribution in [0.5, 0.6) is 0 Å². The molecule has 1 amide bonds. The lowest BCUT2D eigenvalue weighted by atomic mass is 9.99. The Bertz CT molecular complexity index is 649. The number of rotatable bonds is 3. The molecule has 126 valence electrons. The lowest BCUT2D eigenvalue weighted by Crippen LogP contribution is -2.44. The first-order valence-electron chi connectivity index (χ1n) is 7.66. The molecular weight excluding hydrogens is 333 g/mol. The number of para-hydroxylation sites is 1. The number of nitrogens with zero attached hydrogens (tertiary/aromatic N) is 2. The molecule has 2 aromatic rings. The number of aromatic nitrogens is 1. The third-order valence-electron chi connectivity index (χ3n) is 4.21. The number of benzene rings is 1. The van der Waals surface area contributed by atoms with Gasteiger partial charge in [0.1, 0.15) is 5.69 Å². The van der Waals surface area contributed by atoms with Crippen LogP contribution in [-0.2, 0) is 0 Å². The molecule has 0 spiro atoms. The number of hydrogen-bond donors (Lipinski definition) is 1. The molecule has 1 saturated heterocycles. The summed E-state index contributed by atoms with van der Waals surface area (Å²) in [6.07, 6.45) is 4.18. The van der Waals surface area contributed by atoms with Gasteiger partial charge in [0, 0.05) is 18.0 Å². The highest BCUT2D eigenvalue weighted by Crippen LogP contribution is 2.22. The van der Waals surface area contributed by atoms with Gasteiger partial charge in [0.25, 0.3) is 5.91 Å². The molecular formula is C17H23Cl2N3O. The van der Waals surface area contributed by atoms with E-state index in [1.165, 1.54) is 6.42 Å². The number of carbonyl (C=O) groups is 1. The van der Waals surface area contributed by atoms with Gasteiger partial charge in [0.15, 0.2) is 0 Å². The third-order valence-corrected chi connectivity index (χ3v) is 4.21. The number of amides is 1. The molecule has 1 fully saturated rings. The van der Waals surface area contributed by atoms with Gasteiger partial charge >= 0.3 is 0 Å². The number of hydrogen-bond acceptors (Lipinski definition) is 3. The Balaban J connectivity index is 0.00000132. The first-order valence-corrected chi connectivity index (χ1v) is 7.66. The van der Waals surface area contributed by atoms with Crippen molar-refractivity contribution in [3.05, 3.63) is 42.1 Å². The molecule has 3 rings (SSSR count). The fourth-order valence-corrected chi connectivity index (χ4v) is 3.09. The molecule has 0 aliphatic carbocycles.